The molecule has 1 rings (SSSR count). The fourth-order valence-electron chi connectivity index (χ4n) is 2.43. The van der Waals surface area contributed by atoms with E-state index in [1.165, 1.54) is 12.8 Å². The van der Waals surface area contributed by atoms with Crippen LogP contribution in [0.5, 0.6) is 0 Å². The molecule has 1 aliphatic rings. The van der Waals surface area contributed by atoms with E-state index in [0.717, 1.165) is 12.8 Å². The van der Waals surface area contributed by atoms with Crippen molar-refractivity contribution >= 4 is 5.91 Å². The Morgan fingerprint density at radius 3 is 2.67 bits per heavy atom. The van der Waals surface area contributed by atoms with E-state index in [1.807, 2.05) is 11.9 Å². The summed E-state index contributed by atoms with van der Waals surface area (Å²) in [4.78, 5) is 14.0. The highest BCUT2D eigenvalue weighted by Gasteiger charge is 2.32. The van der Waals surface area contributed by atoms with Gasteiger partial charge in [-0.2, -0.15) is 0 Å². The summed E-state index contributed by atoms with van der Waals surface area (Å²) in [7, 11) is 1.91. The first-order valence-corrected chi connectivity index (χ1v) is 6.04. The van der Waals surface area contributed by atoms with E-state index in [4.69, 9.17) is 5.73 Å². The number of carbonyl (C=O) groups excluding carboxylic acids is 1. The Hall–Kier alpha value is -0.570. The summed E-state index contributed by atoms with van der Waals surface area (Å²) in [5.41, 5.74) is 5.51. The lowest BCUT2D eigenvalue weighted by molar-refractivity contribution is -0.137. The van der Waals surface area contributed by atoms with Gasteiger partial charge in [0.2, 0.25) is 5.91 Å². The summed E-state index contributed by atoms with van der Waals surface area (Å²) < 4.78 is 0. The Balaban J connectivity index is 2.51. The van der Waals surface area contributed by atoms with Crippen LogP contribution >= 0.6 is 0 Å². The van der Waals surface area contributed by atoms with Crippen molar-refractivity contribution in [3.8, 4) is 0 Å². The van der Waals surface area contributed by atoms with Gasteiger partial charge in [-0.05, 0) is 38.6 Å². The summed E-state index contributed by atoms with van der Waals surface area (Å²) >= 11 is 0. The molecule has 0 aromatic heterocycles. The van der Waals surface area contributed by atoms with Crippen molar-refractivity contribution in [2.24, 2.45) is 17.6 Å². The third-order valence-corrected chi connectivity index (χ3v) is 3.77. The smallest absolute Gasteiger partial charge is 0.225 e. The molecule has 1 fully saturated rings. The molecule has 3 heteroatoms. The van der Waals surface area contributed by atoms with Crippen LogP contribution in [-0.2, 0) is 4.79 Å². The molecule has 0 spiro atoms. The van der Waals surface area contributed by atoms with Crippen LogP contribution in [0.25, 0.3) is 0 Å². The van der Waals surface area contributed by atoms with Crippen LogP contribution in [-0.4, -0.2) is 30.4 Å². The van der Waals surface area contributed by atoms with Crippen LogP contribution in [0.1, 0.15) is 39.5 Å². The SMILES string of the molecule is CC1CCCC1C(=O)N(C)C(C)CCN. The lowest BCUT2D eigenvalue weighted by atomic mass is 9.96. The van der Waals surface area contributed by atoms with E-state index in [0.29, 0.717) is 18.4 Å². The summed E-state index contributed by atoms with van der Waals surface area (Å²) in [6.45, 7) is 4.92. The van der Waals surface area contributed by atoms with Crippen LogP contribution in [0.4, 0.5) is 0 Å². The van der Waals surface area contributed by atoms with E-state index in [-0.39, 0.29) is 12.0 Å². The van der Waals surface area contributed by atoms with Crippen molar-refractivity contribution in [2.75, 3.05) is 13.6 Å². The Labute approximate surface area is 93.0 Å². The Bertz CT molecular complexity index is 218. The molecule has 0 bridgehead atoms. The highest BCUT2D eigenvalue weighted by atomic mass is 16.2. The van der Waals surface area contributed by atoms with Crippen molar-refractivity contribution in [1.29, 1.82) is 0 Å². The second-order valence-corrected chi connectivity index (χ2v) is 4.89. The first kappa shape index (κ1) is 12.5. The van der Waals surface area contributed by atoms with Gasteiger partial charge >= 0.3 is 0 Å². The van der Waals surface area contributed by atoms with Crippen molar-refractivity contribution in [3.05, 3.63) is 0 Å². The summed E-state index contributed by atoms with van der Waals surface area (Å²) in [5, 5.41) is 0. The van der Waals surface area contributed by atoms with Gasteiger partial charge in [0.25, 0.3) is 0 Å². The minimum absolute atomic E-state index is 0.259. The largest absolute Gasteiger partial charge is 0.343 e. The van der Waals surface area contributed by atoms with Gasteiger partial charge in [-0.3, -0.25) is 4.79 Å². The van der Waals surface area contributed by atoms with Crippen molar-refractivity contribution in [3.63, 3.8) is 0 Å². The predicted molar refractivity (Wildman–Crippen MR) is 62.4 cm³/mol. The second kappa shape index (κ2) is 5.50. The highest BCUT2D eigenvalue weighted by Crippen LogP contribution is 2.32. The number of hydrogen-bond acceptors (Lipinski definition) is 2. The van der Waals surface area contributed by atoms with Gasteiger partial charge in [0.05, 0.1) is 0 Å². The second-order valence-electron chi connectivity index (χ2n) is 4.89. The topological polar surface area (TPSA) is 46.3 Å². The van der Waals surface area contributed by atoms with Crippen LogP contribution in [0.3, 0.4) is 0 Å². The Kier molecular flexibility index (Phi) is 4.58. The van der Waals surface area contributed by atoms with Gasteiger partial charge in [-0.15, -0.1) is 0 Å². The van der Waals surface area contributed by atoms with Crippen molar-refractivity contribution in [1.82, 2.24) is 4.90 Å². The van der Waals surface area contributed by atoms with E-state index in [9.17, 15) is 4.79 Å². The molecule has 3 atom stereocenters. The third kappa shape index (κ3) is 2.94. The standard InChI is InChI=1S/C12H24N2O/c1-9-5-4-6-11(9)12(15)14(3)10(2)7-8-13/h9-11H,4-8,13H2,1-3H3. The van der Waals surface area contributed by atoms with Crippen LogP contribution in [0, 0.1) is 11.8 Å². The first-order valence-electron chi connectivity index (χ1n) is 6.04. The van der Waals surface area contributed by atoms with Gasteiger partial charge in [0, 0.05) is 19.0 Å². The Morgan fingerprint density at radius 1 is 1.53 bits per heavy atom. The third-order valence-electron chi connectivity index (χ3n) is 3.77. The quantitative estimate of drug-likeness (QED) is 0.769. The number of rotatable bonds is 4. The molecule has 1 aliphatic carbocycles. The highest BCUT2D eigenvalue weighted by molar-refractivity contribution is 5.79. The summed E-state index contributed by atoms with van der Waals surface area (Å²) in [6, 6.07) is 0.273. The molecular weight excluding hydrogens is 188 g/mol. The Morgan fingerprint density at radius 2 is 2.20 bits per heavy atom. The molecule has 1 saturated carbocycles. The maximum absolute atomic E-state index is 12.2. The van der Waals surface area contributed by atoms with Crippen LogP contribution in [0.15, 0.2) is 0 Å². The minimum Gasteiger partial charge on any atom is -0.343 e. The molecule has 3 nitrogen and oxygen atoms in total. The molecule has 88 valence electrons. The zero-order valence-electron chi connectivity index (χ0n) is 10.2. The number of carbonyl (C=O) groups is 1. The zero-order chi connectivity index (χ0) is 11.4. The van der Waals surface area contributed by atoms with Gasteiger partial charge in [-0.1, -0.05) is 13.3 Å². The average molecular weight is 212 g/mol. The number of nitrogens with zero attached hydrogens (tertiary/aromatic N) is 1. The first-order chi connectivity index (χ1) is 7.07. The fraction of sp³-hybridized carbons (Fsp3) is 0.917. The van der Waals surface area contributed by atoms with E-state index in [1.54, 1.807) is 0 Å². The van der Waals surface area contributed by atoms with Crippen LogP contribution < -0.4 is 5.73 Å². The summed E-state index contributed by atoms with van der Waals surface area (Å²) in [6.07, 6.45) is 4.37. The molecule has 0 saturated heterocycles. The molecule has 15 heavy (non-hydrogen) atoms. The van der Waals surface area contributed by atoms with E-state index in [2.05, 4.69) is 13.8 Å². The fourth-order valence-corrected chi connectivity index (χ4v) is 2.43. The molecule has 0 aromatic rings. The van der Waals surface area contributed by atoms with Crippen molar-refractivity contribution in [2.45, 2.75) is 45.6 Å². The number of amides is 1. The van der Waals surface area contributed by atoms with Gasteiger partial charge in [0.15, 0.2) is 0 Å². The lowest BCUT2D eigenvalue weighted by Crippen LogP contribution is -2.40. The maximum atomic E-state index is 12.2. The van der Waals surface area contributed by atoms with Crippen molar-refractivity contribution < 1.29 is 4.79 Å². The molecule has 0 radical (unpaired) electrons. The summed E-state index contributed by atoms with van der Waals surface area (Å²) in [5.74, 6) is 1.14. The maximum Gasteiger partial charge on any atom is 0.225 e. The molecular formula is C12H24N2O. The van der Waals surface area contributed by atoms with Gasteiger partial charge in [0.1, 0.15) is 0 Å². The molecule has 0 heterocycles. The molecule has 2 N–H and O–H groups in total. The molecule has 0 aliphatic heterocycles. The van der Waals surface area contributed by atoms with E-state index >= 15 is 0 Å². The average Bonchev–Trinajstić information content (AvgIpc) is 2.62. The number of nitrogens with two attached hydrogens (primary N) is 1. The molecule has 3 unspecified atom stereocenters. The zero-order valence-corrected chi connectivity index (χ0v) is 10.2. The monoisotopic (exact) mass is 212 g/mol. The van der Waals surface area contributed by atoms with Gasteiger partial charge in [-0.25, -0.2) is 0 Å². The van der Waals surface area contributed by atoms with E-state index < -0.39 is 0 Å². The van der Waals surface area contributed by atoms with Crippen LogP contribution in [0.2, 0.25) is 0 Å². The normalized spacial score (nSPS) is 27.7. The minimum atomic E-state index is 0.259. The number of hydrogen-bond donors (Lipinski definition) is 1. The lowest BCUT2D eigenvalue weighted by Gasteiger charge is -2.28. The predicted octanol–water partition coefficient (Wildman–Crippen LogP) is 1.62. The van der Waals surface area contributed by atoms with Gasteiger partial charge < -0.3 is 10.6 Å². The molecule has 0 aromatic carbocycles. The molecule has 1 amide bonds.